The zero-order valence-electron chi connectivity index (χ0n) is 13.5. The van der Waals surface area contributed by atoms with Crippen LogP contribution in [0.15, 0.2) is 48.5 Å². The van der Waals surface area contributed by atoms with E-state index in [1.807, 2.05) is 0 Å². The summed E-state index contributed by atoms with van der Waals surface area (Å²) in [4.78, 5) is 36.5. The summed E-state index contributed by atoms with van der Waals surface area (Å²) in [6, 6.07) is 13.4. The topological polar surface area (TPSA) is 83.9 Å². The molecule has 0 radical (unpaired) electrons. The third-order valence-electron chi connectivity index (χ3n) is 4.02. The summed E-state index contributed by atoms with van der Waals surface area (Å²) in [5.41, 5.74) is 2.11. The van der Waals surface area contributed by atoms with Crippen LogP contribution in [-0.2, 0) is 14.3 Å². The van der Waals surface area contributed by atoms with Crippen LogP contribution in [-0.4, -0.2) is 40.9 Å². The highest BCUT2D eigenvalue weighted by molar-refractivity contribution is 5.98. The first kappa shape index (κ1) is 16.7. The molecule has 1 aliphatic heterocycles. The van der Waals surface area contributed by atoms with E-state index in [0.29, 0.717) is 24.9 Å². The molecule has 0 atom stereocenters. The first-order valence-corrected chi connectivity index (χ1v) is 7.94. The molecule has 1 N–H and O–H groups in total. The molecule has 0 spiro atoms. The Morgan fingerprint density at radius 1 is 1.00 bits per heavy atom. The smallest absolute Gasteiger partial charge is 0.338 e. The van der Waals surface area contributed by atoms with E-state index in [1.165, 1.54) is 0 Å². The van der Waals surface area contributed by atoms with Gasteiger partial charge in [0.25, 0.3) is 5.91 Å². The monoisotopic (exact) mass is 339 g/mol. The van der Waals surface area contributed by atoms with Crippen LogP contribution in [0.4, 0.5) is 0 Å². The van der Waals surface area contributed by atoms with Crippen LogP contribution in [0, 0.1) is 0 Å². The number of likely N-dealkylation sites (tertiary alicyclic amines) is 1. The van der Waals surface area contributed by atoms with Gasteiger partial charge >= 0.3 is 5.97 Å². The first-order chi connectivity index (χ1) is 12.0. The predicted octanol–water partition coefficient (Wildman–Crippen LogP) is 2.36. The summed E-state index contributed by atoms with van der Waals surface area (Å²) >= 11 is 0. The van der Waals surface area contributed by atoms with Gasteiger partial charge in [0.05, 0.1) is 5.56 Å². The standard InChI is InChI=1S/C19H17NO5/c21-16-9-7-14(8-10-16)13-3-5-15(6-4-13)19(24)25-12-18(23)20-11-1-2-17(20)22/h3-10,21H,1-2,11-12H2. The second-order valence-electron chi connectivity index (χ2n) is 5.74. The maximum absolute atomic E-state index is 12.0. The molecule has 0 unspecified atom stereocenters. The molecule has 0 bridgehead atoms. The minimum absolute atomic E-state index is 0.185. The number of amides is 2. The Bertz CT molecular complexity index is 796. The minimum atomic E-state index is -0.614. The number of phenols is 1. The number of ether oxygens (including phenoxy) is 1. The lowest BCUT2D eigenvalue weighted by Crippen LogP contribution is -2.35. The molecule has 1 heterocycles. The zero-order valence-corrected chi connectivity index (χ0v) is 13.5. The predicted molar refractivity (Wildman–Crippen MR) is 89.8 cm³/mol. The Labute approximate surface area is 144 Å². The molecule has 2 amide bonds. The van der Waals surface area contributed by atoms with E-state index in [0.717, 1.165) is 16.0 Å². The third kappa shape index (κ3) is 3.85. The van der Waals surface area contributed by atoms with Crippen molar-refractivity contribution in [2.75, 3.05) is 13.2 Å². The number of hydrogen-bond acceptors (Lipinski definition) is 5. The lowest BCUT2D eigenvalue weighted by molar-refractivity contribution is -0.143. The summed E-state index contributed by atoms with van der Waals surface area (Å²) < 4.78 is 5.00. The van der Waals surface area contributed by atoms with Crippen LogP contribution >= 0.6 is 0 Å². The van der Waals surface area contributed by atoms with Crippen molar-refractivity contribution in [1.82, 2.24) is 4.90 Å². The van der Waals surface area contributed by atoms with Crippen molar-refractivity contribution in [2.45, 2.75) is 12.8 Å². The molecule has 25 heavy (non-hydrogen) atoms. The van der Waals surface area contributed by atoms with Crippen molar-refractivity contribution >= 4 is 17.8 Å². The van der Waals surface area contributed by atoms with Crippen LogP contribution in [0.3, 0.4) is 0 Å². The van der Waals surface area contributed by atoms with E-state index in [4.69, 9.17) is 4.74 Å². The van der Waals surface area contributed by atoms with Gasteiger partial charge in [0.15, 0.2) is 6.61 Å². The minimum Gasteiger partial charge on any atom is -0.508 e. The molecule has 2 aromatic carbocycles. The lowest BCUT2D eigenvalue weighted by atomic mass is 10.0. The van der Waals surface area contributed by atoms with Gasteiger partial charge in [-0.3, -0.25) is 14.5 Å². The molecule has 1 aliphatic rings. The highest BCUT2D eigenvalue weighted by Crippen LogP contribution is 2.22. The molecule has 3 rings (SSSR count). The molecule has 1 saturated heterocycles. The largest absolute Gasteiger partial charge is 0.508 e. The van der Waals surface area contributed by atoms with Gasteiger partial charge in [0, 0.05) is 13.0 Å². The highest BCUT2D eigenvalue weighted by atomic mass is 16.5. The number of phenolic OH excluding ortho intramolecular Hbond substituents is 1. The van der Waals surface area contributed by atoms with Crippen molar-refractivity contribution < 1.29 is 24.2 Å². The maximum atomic E-state index is 12.0. The Kier molecular flexibility index (Phi) is 4.79. The van der Waals surface area contributed by atoms with E-state index < -0.39 is 18.5 Å². The molecule has 128 valence electrons. The van der Waals surface area contributed by atoms with Gasteiger partial charge in [-0.2, -0.15) is 0 Å². The average Bonchev–Trinajstić information content (AvgIpc) is 3.06. The van der Waals surface area contributed by atoms with E-state index in [1.54, 1.807) is 48.5 Å². The normalized spacial score (nSPS) is 13.8. The fourth-order valence-corrected chi connectivity index (χ4v) is 2.65. The summed E-state index contributed by atoms with van der Waals surface area (Å²) in [7, 11) is 0. The fourth-order valence-electron chi connectivity index (χ4n) is 2.65. The fraction of sp³-hybridized carbons (Fsp3) is 0.211. The Balaban J connectivity index is 1.60. The van der Waals surface area contributed by atoms with E-state index in [9.17, 15) is 19.5 Å². The molecule has 2 aromatic rings. The van der Waals surface area contributed by atoms with Crippen molar-refractivity contribution in [2.24, 2.45) is 0 Å². The second kappa shape index (κ2) is 7.17. The number of carbonyl (C=O) groups is 3. The molecule has 1 fully saturated rings. The number of nitrogens with zero attached hydrogens (tertiary/aromatic N) is 1. The summed E-state index contributed by atoms with van der Waals surface area (Å²) in [5, 5.41) is 9.31. The Morgan fingerprint density at radius 3 is 2.16 bits per heavy atom. The number of rotatable bonds is 4. The quantitative estimate of drug-likeness (QED) is 0.865. The second-order valence-corrected chi connectivity index (χ2v) is 5.74. The van der Waals surface area contributed by atoms with Gasteiger partial charge in [0.2, 0.25) is 5.91 Å². The summed E-state index contributed by atoms with van der Waals surface area (Å²) in [6.07, 6.45) is 1.01. The lowest BCUT2D eigenvalue weighted by Gasteiger charge is -2.13. The molecule has 0 saturated carbocycles. The average molecular weight is 339 g/mol. The van der Waals surface area contributed by atoms with Crippen molar-refractivity contribution in [3.8, 4) is 16.9 Å². The number of hydrogen-bond donors (Lipinski definition) is 1. The van der Waals surface area contributed by atoms with Crippen LogP contribution in [0.1, 0.15) is 23.2 Å². The maximum Gasteiger partial charge on any atom is 0.338 e. The number of esters is 1. The number of benzene rings is 2. The van der Waals surface area contributed by atoms with Crippen LogP contribution in [0.5, 0.6) is 5.75 Å². The van der Waals surface area contributed by atoms with Gasteiger partial charge < -0.3 is 9.84 Å². The van der Waals surface area contributed by atoms with Crippen LogP contribution in [0.25, 0.3) is 11.1 Å². The molecule has 0 aromatic heterocycles. The van der Waals surface area contributed by atoms with Crippen molar-refractivity contribution in [1.29, 1.82) is 0 Å². The van der Waals surface area contributed by atoms with E-state index >= 15 is 0 Å². The van der Waals surface area contributed by atoms with Gasteiger partial charge in [-0.15, -0.1) is 0 Å². The Morgan fingerprint density at radius 2 is 1.60 bits per heavy atom. The summed E-state index contributed by atoms with van der Waals surface area (Å²) in [5.74, 6) is -1.14. The van der Waals surface area contributed by atoms with Crippen LogP contribution in [0.2, 0.25) is 0 Å². The zero-order chi connectivity index (χ0) is 17.8. The van der Waals surface area contributed by atoms with Crippen molar-refractivity contribution in [3.05, 3.63) is 54.1 Å². The van der Waals surface area contributed by atoms with Gasteiger partial charge in [-0.25, -0.2) is 4.79 Å². The van der Waals surface area contributed by atoms with E-state index in [2.05, 4.69) is 0 Å². The number of aromatic hydroxyl groups is 1. The molecule has 6 nitrogen and oxygen atoms in total. The first-order valence-electron chi connectivity index (χ1n) is 7.94. The molecule has 6 heteroatoms. The Hall–Kier alpha value is -3.15. The number of carbonyl (C=O) groups excluding carboxylic acids is 3. The van der Waals surface area contributed by atoms with Gasteiger partial charge in [0.1, 0.15) is 5.75 Å². The molecular formula is C19H17NO5. The third-order valence-corrected chi connectivity index (χ3v) is 4.02. The van der Waals surface area contributed by atoms with Gasteiger partial charge in [-0.05, 0) is 41.8 Å². The molecule has 0 aliphatic carbocycles. The highest BCUT2D eigenvalue weighted by Gasteiger charge is 2.27. The molecular weight excluding hydrogens is 322 g/mol. The van der Waals surface area contributed by atoms with Gasteiger partial charge in [-0.1, -0.05) is 24.3 Å². The summed E-state index contributed by atoms with van der Waals surface area (Å²) in [6.45, 7) is -0.0547. The van der Waals surface area contributed by atoms with E-state index in [-0.39, 0.29) is 11.7 Å². The SMILES string of the molecule is O=C(OCC(=O)N1CCCC1=O)c1ccc(-c2ccc(O)cc2)cc1. The van der Waals surface area contributed by atoms with Crippen LogP contribution < -0.4 is 0 Å². The number of imide groups is 1. The van der Waals surface area contributed by atoms with Crippen molar-refractivity contribution in [3.63, 3.8) is 0 Å².